The zero-order valence-corrected chi connectivity index (χ0v) is 47.3. The third-order valence-corrected chi connectivity index (χ3v) is 15.5. The van der Waals surface area contributed by atoms with Gasteiger partial charge in [0, 0.05) is 32.0 Å². The topological polar surface area (TPSA) is 244 Å². The van der Waals surface area contributed by atoms with E-state index in [0.717, 1.165) is 11.1 Å². The van der Waals surface area contributed by atoms with Gasteiger partial charge in [-0.05, 0) is 92.1 Å². The number of carbonyl (C=O) groups is 9. The summed E-state index contributed by atoms with van der Waals surface area (Å²) in [5.41, 5.74) is 1.68. The van der Waals surface area contributed by atoms with Crippen LogP contribution in [-0.4, -0.2) is 130 Å². The fourth-order valence-electron chi connectivity index (χ4n) is 10.6. The minimum atomic E-state index is -1.14. The Morgan fingerprint density at radius 2 is 0.896 bits per heavy atom. The van der Waals surface area contributed by atoms with Gasteiger partial charge in [0.05, 0.1) is 0 Å². The quantitative estimate of drug-likeness (QED) is 0.149. The molecule has 3 heterocycles. The molecule has 0 spiro atoms. The van der Waals surface area contributed by atoms with E-state index < -0.39 is 113 Å². The monoisotopic (exact) mass is 1070 g/mol. The van der Waals surface area contributed by atoms with Crippen molar-refractivity contribution in [1.82, 2.24) is 47.0 Å². The molecule has 3 aliphatic heterocycles. The van der Waals surface area contributed by atoms with Crippen molar-refractivity contribution in [3.05, 3.63) is 71.8 Å². The SMILES string of the molecule is CC[C@H](C)[C@@H]1NC(=O)[C@H](CC(C)C)NC(=O)[C@H](Cc2ccccc2)NC(=O)CC[C@H](Cc2ccccc2)NC(=O)[C@@H]2CCCN2C(=O)[C@@H]2CCCN2C(=O)[C@H](C(C)C)NC(=O)[C@H](CC(C)C)NC(=O)[C@H]([C@@H](C)CC)NC1=O. The van der Waals surface area contributed by atoms with Crippen molar-refractivity contribution in [2.45, 2.75) is 201 Å². The Morgan fingerprint density at radius 1 is 0.455 bits per heavy atom. The lowest BCUT2D eigenvalue weighted by Crippen LogP contribution is -2.62. The first-order chi connectivity index (χ1) is 36.6. The fourth-order valence-corrected chi connectivity index (χ4v) is 10.6. The molecule has 2 aromatic carbocycles. The van der Waals surface area contributed by atoms with Gasteiger partial charge in [0.2, 0.25) is 53.2 Å². The molecule has 0 aromatic heterocycles. The highest BCUT2D eigenvalue weighted by Gasteiger charge is 2.45. The highest BCUT2D eigenvalue weighted by molar-refractivity contribution is 5.98. The van der Waals surface area contributed by atoms with Crippen molar-refractivity contribution in [1.29, 1.82) is 0 Å². The van der Waals surface area contributed by atoms with Crippen molar-refractivity contribution in [2.75, 3.05) is 13.1 Å². The number of benzene rings is 2. The first-order valence-corrected chi connectivity index (χ1v) is 28.4. The third kappa shape index (κ3) is 17.6. The maximum Gasteiger partial charge on any atom is 0.246 e. The number of hydrogen-bond donors (Lipinski definition) is 7. The molecular weight excluding hydrogens is 979 g/mol. The molecule has 2 aromatic rings. The van der Waals surface area contributed by atoms with Gasteiger partial charge in [-0.2, -0.15) is 0 Å². The Hall–Kier alpha value is -6.33. The van der Waals surface area contributed by atoms with Crippen LogP contribution in [0.15, 0.2) is 60.7 Å². The van der Waals surface area contributed by atoms with Crippen molar-refractivity contribution in [3.8, 4) is 0 Å². The minimum absolute atomic E-state index is 0.0775. The predicted molar refractivity (Wildman–Crippen MR) is 295 cm³/mol. The van der Waals surface area contributed by atoms with Gasteiger partial charge in [0.15, 0.2) is 0 Å². The number of hydrogen-bond acceptors (Lipinski definition) is 9. The summed E-state index contributed by atoms with van der Waals surface area (Å²) < 4.78 is 0. The molecule has 3 saturated heterocycles. The lowest BCUT2D eigenvalue weighted by molar-refractivity contribution is -0.148. The zero-order valence-electron chi connectivity index (χ0n) is 47.3. The van der Waals surface area contributed by atoms with E-state index in [4.69, 9.17) is 0 Å². The van der Waals surface area contributed by atoms with Crippen LogP contribution in [0.3, 0.4) is 0 Å². The van der Waals surface area contributed by atoms with Gasteiger partial charge < -0.3 is 47.0 Å². The predicted octanol–water partition coefficient (Wildman–Crippen LogP) is 4.48. The molecule has 0 bridgehead atoms. The molecule has 0 radical (unpaired) electrons. The van der Waals surface area contributed by atoms with E-state index >= 15 is 0 Å². The van der Waals surface area contributed by atoms with Crippen LogP contribution in [0.5, 0.6) is 0 Å². The number of nitrogens with zero attached hydrogens (tertiary/aromatic N) is 2. The van der Waals surface area contributed by atoms with Gasteiger partial charge in [0.25, 0.3) is 0 Å². The van der Waals surface area contributed by atoms with E-state index in [1.807, 2.05) is 116 Å². The molecule has 18 nitrogen and oxygen atoms in total. The van der Waals surface area contributed by atoms with Crippen molar-refractivity contribution in [2.24, 2.45) is 29.6 Å². The maximum absolute atomic E-state index is 14.7. The molecule has 0 aliphatic carbocycles. The second kappa shape index (κ2) is 29.4. The average molecular weight is 1070 g/mol. The highest BCUT2D eigenvalue weighted by atomic mass is 16.2. The molecule has 0 unspecified atom stereocenters. The molecule has 11 atom stereocenters. The summed E-state index contributed by atoms with van der Waals surface area (Å²) in [4.78, 5) is 133. The van der Waals surface area contributed by atoms with Crippen molar-refractivity contribution >= 4 is 53.2 Å². The second-order valence-corrected chi connectivity index (χ2v) is 23.0. The normalized spacial score (nSPS) is 27.2. The van der Waals surface area contributed by atoms with Gasteiger partial charge in [-0.15, -0.1) is 0 Å². The van der Waals surface area contributed by atoms with E-state index in [9.17, 15) is 43.2 Å². The van der Waals surface area contributed by atoms with Gasteiger partial charge >= 0.3 is 0 Å². The largest absolute Gasteiger partial charge is 0.351 e. The van der Waals surface area contributed by atoms with Crippen LogP contribution in [-0.2, 0) is 56.0 Å². The number of amides is 9. The van der Waals surface area contributed by atoms with Gasteiger partial charge in [-0.3, -0.25) is 43.2 Å². The number of fused-ring (bicyclic) bond motifs is 2. The van der Waals surface area contributed by atoms with Crippen LogP contribution >= 0.6 is 0 Å². The smallest absolute Gasteiger partial charge is 0.246 e. The Morgan fingerprint density at radius 3 is 1.40 bits per heavy atom. The maximum atomic E-state index is 14.7. The third-order valence-electron chi connectivity index (χ3n) is 15.5. The van der Waals surface area contributed by atoms with E-state index in [-0.39, 0.29) is 62.3 Å². The van der Waals surface area contributed by atoms with Crippen molar-refractivity contribution < 1.29 is 43.2 Å². The van der Waals surface area contributed by atoms with E-state index in [1.54, 1.807) is 18.7 Å². The Bertz CT molecular complexity index is 2330. The van der Waals surface area contributed by atoms with Gasteiger partial charge in [-0.25, -0.2) is 0 Å². The summed E-state index contributed by atoms with van der Waals surface area (Å²) in [6.45, 7) is 19.2. The summed E-state index contributed by atoms with van der Waals surface area (Å²) in [5.74, 6) is -6.09. The molecule has 5 rings (SSSR count). The summed E-state index contributed by atoms with van der Waals surface area (Å²) in [6, 6.07) is 9.79. The minimum Gasteiger partial charge on any atom is -0.351 e. The molecule has 77 heavy (non-hydrogen) atoms. The lowest BCUT2D eigenvalue weighted by Gasteiger charge is -2.35. The molecule has 3 fully saturated rings. The first-order valence-electron chi connectivity index (χ1n) is 28.4. The Balaban J connectivity index is 1.55. The average Bonchev–Trinajstić information content (AvgIpc) is 4.10. The summed E-state index contributed by atoms with van der Waals surface area (Å²) >= 11 is 0. The molecular formula is C59H89N9O9. The van der Waals surface area contributed by atoms with Crippen LogP contribution in [0.2, 0.25) is 0 Å². The van der Waals surface area contributed by atoms with E-state index in [0.29, 0.717) is 51.5 Å². The number of nitrogens with one attached hydrogen (secondary N) is 7. The molecule has 18 heteroatoms. The van der Waals surface area contributed by atoms with Crippen LogP contribution < -0.4 is 37.2 Å². The fraction of sp³-hybridized carbons (Fsp3) is 0.644. The standard InChI is InChI=1S/C59H89N9O9/c1-11-38(9)50-56(74)63-44(32-36(5)6)53(71)64-49(37(7)8)59(77)68-30-20-26-47(68)58(76)67-29-19-25-46(67)55(73)60-42(33-40-21-15-13-16-22-40)27-28-48(69)61-45(34-41-23-17-14-18-24-41)52(70)62-43(31-35(3)4)54(72)65-51(39(10)12-2)57(75)66-50/h13-18,21-24,35-39,42-47,49-51H,11-12,19-20,25-34H2,1-10H3,(H,60,73)(H,61,69)(H,62,70)(H,63,74)(H,64,71)(H,65,72)(H,66,75)/t38-,39-,42+,43-,44-,45-,46-,47-,49-,50-,51-/m0/s1. The highest BCUT2D eigenvalue weighted by Crippen LogP contribution is 2.27. The molecule has 0 saturated carbocycles. The summed E-state index contributed by atoms with van der Waals surface area (Å²) in [7, 11) is 0. The number of rotatable bonds is 13. The van der Waals surface area contributed by atoms with Crippen LogP contribution in [0, 0.1) is 29.6 Å². The van der Waals surface area contributed by atoms with Crippen LogP contribution in [0.25, 0.3) is 0 Å². The van der Waals surface area contributed by atoms with Crippen molar-refractivity contribution in [3.63, 3.8) is 0 Å². The first kappa shape index (κ1) is 61.5. The summed E-state index contributed by atoms with van der Waals surface area (Å²) in [6.07, 6.45) is 3.81. The van der Waals surface area contributed by atoms with Gasteiger partial charge in [-0.1, -0.05) is 143 Å². The summed E-state index contributed by atoms with van der Waals surface area (Å²) in [5, 5.41) is 20.7. The van der Waals surface area contributed by atoms with Crippen LogP contribution in [0.1, 0.15) is 145 Å². The van der Waals surface area contributed by atoms with Gasteiger partial charge in [0.1, 0.15) is 48.3 Å². The molecule has 9 amide bonds. The zero-order chi connectivity index (χ0) is 56.5. The second-order valence-electron chi connectivity index (χ2n) is 23.0. The number of carbonyl (C=O) groups excluding carboxylic acids is 9. The van der Waals surface area contributed by atoms with E-state index in [2.05, 4.69) is 37.2 Å². The molecule has 3 aliphatic rings. The van der Waals surface area contributed by atoms with E-state index in [1.165, 1.54) is 4.90 Å². The molecule has 424 valence electrons. The lowest BCUT2D eigenvalue weighted by atomic mass is 9.93. The van der Waals surface area contributed by atoms with Crippen LogP contribution in [0.4, 0.5) is 0 Å². The molecule has 7 N–H and O–H groups in total. The Kier molecular flexibility index (Phi) is 23.5. The Labute approximate surface area is 456 Å².